The summed E-state index contributed by atoms with van der Waals surface area (Å²) in [6.45, 7) is 1.04. The predicted molar refractivity (Wildman–Crippen MR) is 27.1 cm³/mol. The fourth-order valence-electron chi connectivity index (χ4n) is 0.115. The van der Waals surface area contributed by atoms with E-state index in [1.165, 1.54) is 0 Å². The molecular formula is C2H8AlNO4. The molecule has 0 aliphatic rings. The summed E-state index contributed by atoms with van der Waals surface area (Å²) in [5.41, 5.74) is 0. The summed E-state index contributed by atoms with van der Waals surface area (Å²) in [4.78, 5) is 13.2. The van der Waals surface area contributed by atoms with Crippen LogP contribution in [-0.4, -0.2) is 39.1 Å². The molecule has 0 fully saturated rings. The molecule has 0 bridgehead atoms. The van der Waals surface area contributed by atoms with Gasteiger partial charge in [-0.2, -0.15) is 0 Å². The Balaban J connectivity index is 0. The van der Waals surface area contributed by atoms with Gasteiger partial charge in [-0.05, 0) is 0 Å². The normalized spacial score (nSPS) is 8.00. The molecule has 0 unspecified atom stereocenters. The van der Waals surface area contributed by atoms with Crippen molar-refractivity contribution >= 4 is 23.3 Å². The quantitative estimate of drug-likeness (QED) is 0.335. The largest absolute Gasteiger partial charge is 0.327 e. The van der Waals surface area contributed by atoms with E-state index in [0.29, 0.717) is 0 Å². The monoisotopic (exact) mass is 137 g/mol. The van der Waals surface area contributed by atoms with E-state index in [9.17, 15) is 4.79 Å². The molecule has 0 aromatic heterocycles. The third-order valence-corrected chi connectivity index (χ3v) is 0.210. The molecule has 0 spiro atoms. The minimum Gasteiger partial charge on any atom is -0.319 e. The van der Waals surface area contributed by atoms with Gasteiger partial charge in [-0.1, -0.05) is 0 Å². The second-order valence-electron chi connectivity index (χ2n) is 0.836. The number of hydrogen-bond acceptors (Lipinski definition) is 5. The van der Waals surface area contributed by atoms with Crippen molar-refractivity contribution in [3.05, 3.63) is 0 Å². The highest BCUT2D eigenvalue weighted by atomic mass is 27.0. The molecule has 0 aromatic rings. The van der Waals surface area contributed by atoms with E-state index in [-0.39, 0.29) is 17.4 Å². The zero-order valence-corrected chi connectivity index (χ0v) is 3.66. The van der Waals surface area contributed by atoms with E-state index in [0.717, 1.165) is 6.92 Å². The van der Waals surface area contributed by atoms with Crippen LogP contribution in [0.25, 0.3) is 0 Å². The smallest absolute Gasteiger partial charge is 0.319 e. The molecule has 0 heterocycles. The molecule has 0 aliphatic heterocycles. The van der Waals surface area contributed by atoms with Crippen molar-refractivity contribution in [3.8, 4) is 0 Å². The second-order valence-corrected chi connectivity index (χ2v) is 0.836. The first-order chi connectivity index (χ1) is 3.13. The van der Waals surface area contributed by atoms with Gasteiger partial charge < -0.3 is 4.84 Å². The molecule has 0 radical (unpaired) electrons. The molecule has 0 aromatic carbocycles. The van der Waals surface area contributed by atoms with Gasteiger partial charge in [0, 0.05) is 6.92 Å². The Hall–Kier alpha value is -0.118. The maximum atomic E-state index is 9.67. The molecule has 0 amide bonds. The Kier molecular flexibility index (Phi) is 6.78. The van der Waals surface area contributed by atoms with Gasteiger partial charge in [0.15, 0.2) is 17.4 Å². The van der Waals surface area contributed by atoms with E-state index in [1.54, 1.807) is 0 Å². The number of hydrogen-bond donors (Lipinski definition) is 2. The predicted octanol–water partition coefficient (Wildman–Crippen LogP) is -1.64. The van der Waals surface area contributed by atoms with Crippen LogP contribution in [0.3, 0.4) is 0 Å². The summed E-state index contributed by atoms with van der Waals surface area (Å²) < 4.78 is 0. The number of carbonyl (C=O) groups excluding carboxylic acids is 1. The minimum absolute atomic E-state index is 0. The van der Waals surface area contributed by atoms with Crippen molar-refractivity contribution < 1.29 is 20.0 Å². The van der Waals surface area contributed by atoms with Gasteiger partial charge in [-0.15, -0.1) is 0 Å². The highest BCUT2D eigenvalue weighted by Crippen LogP contribution is 1.75. The van der Waals surface area contributed by atoms with Gasteiger partial charge in [0.25, 0.3) is 0 Å². The Morgan fingerprint density at radius 1 is 1.62 bits per heavy atom. The third kappa shape index (κ3) is 9.30. The SMILES string of the molecule is CC(=O)ON(O)O.[AlH3]. The lowest BCUT2D eigenvalue weighted by molar-refractivity contribution is -0.469. The first kappa shape index (κ1) is 10.8. The van der Waals surface area contributed by atoms with Crippen molar-refractivity contribution in [2.45, 2.75) is 6.92 Å². The molecule has 0 aliphatic carbocycles. The van der Waals surface area contributed by atoms with E-state index in [4.69, 9.17) is 10.4 Å². The highest BCUT2D eigenvalue weighted by molar-refractivity contribution is 5.75. The molecule has 2 N–H and O–H groups in total. The maximum Gasteiger partial charge on any atom is 0.327 e. The summed E-state index contributed by atoms with van der Waals surface area (Å²) in [5.74, 6) is -0.787. The van der Waals surface area contributed by atoms with Gasteiger partial charge in [0.1, 0.15) is 5.39 Å². The second kappa shape index (κ2) is 5.03. The zero-order chi connectivity index (χ0) is 5.86. The first-order valence-corrected chi connectivity index (χ1v) is 1.49. The van der Waals surface area contributed by atoms with Gasteiger partial charge in [0.2, 0.25) is 0 Å². The van der Waals surface area contributed by atoms with Crippen LogP contribution in [0.15, 0.2) is 0 Å². The van der Waals surface area contributed by atoms with Crippen molar-refractivity contribution in [3.63, 3.8) is 0 Å². The lowest BCUT2D eigenvalue weighted by Crippen LogP contribution is -2.17. The topological polar surface area (TPSA) is 70.0 Å². The Bertz CT molecular complexity index is 74.4. The Morgan fingerprint density at radius 3 is 2.00 bits per heavy atom. The molecule has 0 atom stereocenters. The van der Waals surface area contributed by atoms with Crippen LogP contribution in [0.4, 0.5) is 0 Å². The Morgan fingerprint density at radius 2 is 2.00 bits per heavy atom. The van der Waals surface area contributed by atoms with Crippen LogP contribution in [0.1, 0.15) is 6.92 Å². The number of nitrogens with zero attached hydrogens (tertiary/aromatic N) is 1. The molecule has 6 heteroatoms. The fraction of sp³-hybridized carbons (Fsp3) is 0.500. The Labute approximate surface area is 56.5 Å². The van der Waals surface area contributed by atoms with Gasteiger partial charge in [0.05, 0.1) is 0 Å². The molecule has 5 nitrogen and oxygen atoms in total. The molecule has 0 rings (SSSR count). The van der Waals surface area contributed by atoms with Crippen molar-refractivity contribution in [2.75, 3.05) is 0 Å². The maximum absolute atomic E-state index is 9.67. The van der Waals surface area contributed by atoms with E-state index >= 15 is 0 Å². The fourth-order valence-corrected chi connectivity index (χ4v) is 0.115. The molecule has 48 valence electrons. The van der Waals surface area contributed by atoms with Gasteiger partial charge >= 0.3 is 5.97 Å². The first-order valence-electron chi connectivity index (χ1n) is 1.49. The summed E-state index contributed by atoms with van der Waals surface area (Å²) in [7, 11) is 0. The summed E-state index contributed by atoms with van der Waals surface area (Å²) in [6, 6.07) is 0. The average Bonchev–Trinajstić information content (AvgIpc) is 1.27. The van der Waals surface area contributed by atoms with E-state index in [1.807, 2.05) is 0 Å². The van der Waals surface area contributed by atoms with Crippen molar-refractivity contribution in [1.82, 2.24) is 5.39 Å². The van der Waals surface area contributed by atoms with Crippen LogP contribution in [0, 0.1) is 0 Å². The number of rotatable bonds is 1. The van der Waals surface area contributed by atoms with Crippen LogP contribution in [0.2, 0.25) is 0 Å². The standard InChI is InChI=1S/C2H5NO4.Al.3H/c1-2(4)7-3(5)6;;;;/h5-6H,1H3;;;;. The van der Waals surface area contributed by atoms with Crippen LogP contribution < -0.4 is 0 Å². The average molecular weight is 137 g/mol. The third-order valence-electron chi connectivity index (χ3n) is 0.210. The van der Waals surface area contributed by atoms with Crippen LogP contribution in [-0.2, 0) is 9.63 Å². The zero-order valence-electron chi connectivity index (χ0n) is 3.66. The van der Waals surface area contributed by atoms with Crippen LogP contribution in [0.5, 0.6) is 0 Å². The molecule has 0 saturated heterocycles. The lowest BCUT2D eigenvalue weighted by Gasteiger charge is -1.99. The summed E-state index contributed by atoms with van der Waals surface area (Å²) in [6.07, 6.45) is 0. The highest BCUT2D eigenvalue weighted by Gasteiger charge is 1.95. The van der Waals surface area contributed by atoms with Crippen molar-refractivity contribution in [2.24, 2.45) is 0 Å². The molecule has 8 heavy (non-hydrogen) atoms. The lowest BCUT2D eigenvalue weighted by atomic mass is 10.8. The number of carbonyl (C=O) groups is 1. The van der Waals surface area contributed by atoms with Gasteiger partial charge in [-0.3, -0.25) is 15.2 Å². The van der Waals surface area contributed by atoms with Crippen molar-refractivity contribution in [1.29, 1.82) is 0 Å². The van der Waals surface area contributed by atoms with Crippen LogP contribution >= 0.6 is 0 Å². The summed E-state index contributed by atoms with van der Waals surface area (Å²) in [5, 5.41) is 14.7. The van der Waals surface area contributed by atoms with E-state index in [2.05, 4.69) is 4.84 Å². The summed E-state index contributed by atoms with van der Waals surface area (Å²) >= 11 is 0. The molecule has 0 saturated carbocycles. The minimum atomic E-state index is -0.787. The van der Waals surface area contributed by atoms with Gasteiger partial charge in [-0.25, -0.2) is 0 Å². The van der Waals surface area contributed by atoms with E-state index < -0.39 is 11.4 Å². The molecular weight excluding hydrogens is 129 g/mol.